The van der Waals surface area contributed by atoms with E-state index in [1.807, 2.05) is 0 Å². The second-order valence-electron chi connectivity index (χ2n) is 3.19. The molecule has 1 amide bonds. The van der Waals surface area contributed by atoms with Crippen LogP contribution in [0.5, 0.6) is 0 Å². The second kappa shape index (κ2) is 3.53. The molecule has 0 radical (unpaired) electrons. The summed E-state index contributed by atoms with van der Waals surface area (Å²) in [5.41, 5.74) is 4.04. The predicted molar refractivity (Wildman–Crippen MR) is 43.5 cm³/mol. The molecule has 0 saturated heterocycles. The molecule has 70 valence electrons. The number of rotatable bonds is 4. The van der Waals surface area contributed by atoms with Gasteiger partial charge in [-0.2, -0.15) is 0 Å². The fourth-order valence-electron chi connectivity index (χ4n) is 0.674. The third-order valence-corrected chi connectivity index (χ3v) is 1.56. The van der Waals surface area contributed by atoms with Gasteiger partial charge in [0.15, 0.2) is 0 Å². The number of carboxylic acids is 1. The summed E-state index contributed by atoms with van der Waals surface area (Å²) >= 11 is 0. The Balaban J connectivity index is 4.24. The molecular formula is C7H14N2O3. The number of carbonyl (C=O) groups is 2. The topological polar surface area (TPSA) is 92.4 Å². The Morgan fingerprint density at radius 2 is 1.92 bits per heavy atom. The van der Waals surface area contributed by atoms with Crippen LogP contribution in [0, 0.1) is 0 Å². The molecule has 0 spiro atoms. The van der Waals surface area contributed by atoms with Gasteiger partial charge in [-0.1, -0.05) is 0 Å². The lowest BCUT2D eigenvalue weighted by atomic mass is 10.0. The molecule has 1 atom stereocenters. The number of hydrogen-bond donors (Lipinski definition) is 3. The Bertz CT molecular complexity index is 201. The first-order valence-corrected chi connectivity index (χ1v) is 3.58. The molecule has 4 N–H and O–H groups in total. The lowest BCUT2D eigenvalue weighted by Gasteiger charge is -2.24. The molecule has 0 aliphatic carbocycles. The number of primary amides is 1. The van der Waals surface area contributed by atoms with E-state index < -0.39 is 23.5 Å². The number of hydrogen-bond acceptors (Lipinski definition) is 3. The smallest absolute Gasteiger partial charge is 0.320 e. The Hall–Kier alpha value is -1.10. The molecule has 0 aromatic rings. The van der Waals surface area contributed by atoms with Crippen molar-refractivity contribution < 1.29 is 14.7 Å². The highest BCUT2D eigenvalue weighted by atomic mass is 16.4. The average molecular weight is 174 g/mol. The summed E-state index contributed by atoms with van der Waals surface area (Å²) in [5.74, 6) is -1.58. The van der Waals surface area contributed by atoms with Crippen molar-refractivity contribution in [1.82, 2.24) is 5.32 Å². The molecule has 1 unspecified atom stereocenters. The summed E-state index contributed by atoms with van der Waals surface area (Å²) in [6.45, 7) is 4.52. The Morgan fingerprint density at radius 1 is 1.50 bits per heavy atom. The summed E-state index contributed by atoms with van der Waals surface area (Å²) in [7, 11) is 0. The minimum atomic E-state index is -1.01. The molecule has 0 aromatic carbocycles. The number of aliphatic carboxylic acids is 1. The zero-order valence-electron chi connectivity index (χ0n) is 7.42. The van der Waals surface area contributed by atoms with Crippen LogP contribution >= 0.6 is 0 Å². The first-order valence-electron chi connectivity index (χ1n) is 3.58. The Labute approximate surface area is 70.9 Å². The lowest BCUT2D eigenvalue weighted by molar-refractivity contribution is -0.139. The van der Waals surface area contributed by atoms with Crippen LogP contribution in [0.3, 0.4) is 0 Å². The average Bonchev–Trinajstić information content (AvgIpc) is 1.85. The van der Waals surface area contributed by atoms with E-state index in [4.69, 9.17) is 10.8 Å². The Morgan fingerprint density at radius 3 is 2.17 bits per heavy atom. The number of amides is 1. The summed E-state index contributed by atoms with van der Waals surface area (Å²) < 4.78 is 0. The van der Waals surface area contributed by atoms with Crippen molar-refractivity contribution in [2.45, 2.75) is 32.4 Å². The Kier molecular flexibility index (Phi) is 3.21. The quantitative estimate of drug-likeness (QED) is 0.526. The van der Waals surface area contributed by atoms with Gasteiger partial charge in [-0.25, -0.2) is 0 Å². The van der Waals surface area contributed by atoms with Gasteiger partial charge in [0.05, 0.1) is 5.54 Å². The minimum Gasteiger partial charge on any atom is -0.480 e. The maximum absolute atomic E-state index is 10.7. The normalized spacial score (nSPS) is 13.9. The predicted octanol–water partition coefficient (Wildman–Crippen LogP) is -0.687. The van der Waals surface area contributed by atoms with E-state index >= 15 is 0 Å². The van der Waals surface area contributed by atoms with Crippen LogP contribution in [0.1, 0.15) is 20.8 Å². The first-order chi connectivity index (χ1) is 5.27. The standard InChI is InChI=1S/C7H14N2O3/c1-4(5(10)11)9-7(2,3)6(8)12/h4,9H,1-3H3,(H2,8,12)(H,10,11). The monoisotopic (exact) mass is 174 g/mol. The van der Waals surface area contributed by atoms with E-state index in [-0.39, 0.29) is 0 Å². The zero-order valence-corrected chi connectivity index (χ0v) is 7.42. The third kappa shape index (κ3) is 2.87. The van der Waals surface area contributed by atoms with Gasteiger partial charge in [0.1, 0.15) is 6.04 Å². The third-order valence-electron chi connectivity index (χ3n) is 1.56. The molecule has 5 heteroatoms. The molecule has 5 nitrogen and oxygen atoms in total. The van der Waals surface area contributed by atoms with Crippen molar-refractivity contribution in [2.24, 2.45) is 5.73 Å². The van der Waals surface area contributed by atoms with E-state index in [1.54, 1.807) is 0 Å². The van der Waals surface area contributed by atoms with Crippen molar-refractivity contribution in [2.75, 3.05) is 0 Å². The molecule has 0 aliphatic heterocycles. The maximum atomic E-state index is 10.7. The number of nitrogens with two attached hydrogens (primary N) is 1. The molecule has 0 aliphatic rings. The number of nitrogens with one attached hydrogen (secondary N) is 1. The van der Waals surface area contributed by atoms with Gasteiger partial charge >= 0.3 is 5.97 Å². The van der Waals surface area contributed by atoms with Gasteiger partial charge in [-0.3, -0.25) is 14.9 Å². The molecule has 0 saturated carbocycles. The van der Waals surface area contributed by atoms with Crippen molar-refractivity contribution in [1.29, 1.82) is 0 Å². The van der Waals surface area contributed by atoms with Gasteiger partial charge < -0.3 is 10.8 Å². The summed E-state index contributed by atoms with van der Waals surface area (Å²) in [5, 5.41) is 11.1. The van der Waals surface area contributed by atoms with Gasteiger partial charge in [-0.15, -0.1) is 0 Å². The van der Waals surface area contributed by atoms with Crippen molar-refractivity contribution in [3.05, 3.63) is 0 Å². The SMILES string of the molecule is CC(NC(C)(C)C(N)=O)C(=O)O. The van der Waals surface area contributed by atoms with E-state index in [0.29, 0.717) is 0 Å². The number of carbonyl (C=O) groups excluding carboxylic acids is 1. The molecule has 0 rings (SSSR count). The van der Waals surface area contributed by atoms with E-state index in [1.165, 1.54) is 20.8 Å². The highest BCUT2D eigenvalue weighted by molar-refractivity contribution is 5.84. The van der Waals surface area contributed by atoms with Crippen LogP contribution < -0.4 is 11.1 Å². The van der Waals surface area contributed by atoms with Gasteiger partial charge in [0, 0.05) is 0 Å². The zero-order chi connectivity index (χ0) is 9.94. The van der Waals surface area contributed by atoms with E-state index in [0.717, 1.165) is 0 Å². The molecular weight excluding hydrogens is 160 g/mol. The van der Waals surface area contributed by atoms with Crippen LogP contribution in [-0.4, -0.2) is 28.6 Å². The highest BCUT2D eigenvalue weighted by Crippen LogP contribution is 2.01. The minimum absolute atomic E-state index is 0.574. The van der Waals surface area contributed by atoms with Gasteiger partial charge in [-0.05, 0) is 20.8 Å². The van der Waals surface area contributed by atoms with Crippen molar-refractivity contribution in [3.63, 3.8) is 0 Å². The first kappa shape index (κ1) is 10.9. The van der Waals surface area contributed by atoms with Crippen LogP contribution in [0.25, 0.3) is 0 Å². The van der Waals surface area contributed by atoms with Crippen molar-refractivity contribution >= 4 is 11.9 Å². The molecule has 0 bridgehead atoms. The van der Waals surface area contributed by atoms with Gasteiger partial charge in [0.2, 0.25) is 5.91 Å². The molecule has 0 aromatic heterocycles. The fraction of sp³-hybridized carbons (Fsp3) is 0.714. The summed E-state index contributed by atoms with van der Waals surface area (Å²) in [6, 6.07) is -0.785. The highest BCUT2D eigenvalue weighted by Gasteiger charge is 2.28. The largest absolute Gasteiger partial charge is 0.480 e. The molecule has 0 heterocycles. The molecule has 12 heavy (non-hydrogen) atoms. The van der Waals surface area contributed by atoms with Crippen LogP contribution in [-0.2, 0) is 9.59 Å². The molecule has 0 fully saturated rings. The van der Waals surface area contributed by atoms with E-state index in [9.17, 15) is 9.59 Å². The lowest BCUT2D eigenvalue weighted by Crippen LogP contribution is -2.55. The van der Waals surface area contributed by atoms with Crippen molar-refractivity contribution in [3.8, 4) is 0 Å². The van der Waals surface area contributed by atoms with E-state index in [2.05, 4.69) is 5.32 Å². The summed E-state index contributed by atoms with van der Waals surface area (Å²) in [6.07, 6.45) is 0. The maximum Gasteiger partial charge on any atom is 0.320 e. The second-order valence-corrected chi connectivity index (χ2v) is 3.19. The fourth-order valence-corrected chi connectivity index (χ4v) is 0.674. The van der Waals surface area contributed by atoms with Crippen LogP contribution in [0.15, 0.2) is 0 Å². The van der Waals surface area contributed by atoms with Crippen LogP contribution in [0.2, 0.25) is 0 Å². The van der Waals surface area contributed by atoms with Crippen LogP contribution in [0.4, 0.5) is 0 Å². The van der Waals surface area contributed by atoms with Gasteiger partial charge in [0.25, 0.3) is 0 Å². The summed E-state index contributed by atoms with van der Waals surface area (Å²) in [4.78, 5) is 21.1. The number of carboxylic acid groups (broad SMARTS) is 1.